The van der Waals surface area contributed by atoms with E-state index in [1.54, 1.807) is 0 Å². The fourth-order valence-corrected chi connectivity index (χ4v) is 1.86. The highest BCUT2D eigenvalue weighted by Gasteiger charge is 2.42. The van der Waals surface area contributed by atoms with E-state index in [4.69, 9.17) is 5.11 Å². The Morgan fingerprint density at radius 2 is 2.05 bits per heavy atom. The summed E-state index contributed by atoms with van der Waals surface area (Å²) in [5.41, 5.74) is -1.94. The van der Waals surface area contributed by atoms with Gasteiger partial charge < -0.3 is 10.4 Å². The molecule has 0 saturated heterocycles. The van der Waals surface area contributed by atoms with Crippen LogP contribution in [-0.4, -0.2) is 23.2 Å². The maximum absolute atomic E-state index is 12.5. The second kappa shape index (κ2) is 4.93. The summed E-state index contributed by atoms with van der Waals surface area (Å²) in [4.78, 5) is 10.0. The zero-order valence-electron chi connectivity index (χ0n) is 10.4. The Morgan fingerprint density at radius 1 is 1.40 bits per heavy atom. The highest BCUT2D eigenvalue weighted by molar-refractivity contribution is 5.63. The van der Waals surface area contributed by atoms with Crippen LogP contribution in [0, 0.1) is 15.5 Å². The van der Waals surface area contributed by atoms with E-state index in [1.165, 1.54) is 0 Å². The molecule has 0 amide bonds. The molecule has 1 aromatic carbocycles. The molecule has 0 heterocycles. The number of aliphatic hydroxyl groups excluding tert-OH is 1. The molecule has 1 saturated carbocycles. The number of hydrogen-bond acceptors (Lipinski definition) is 4. The van der Waals surface area contributed by atoms with Crippen molar-refractivity contribution in [2.45, 2.75) is 19.0 Å². The average molecular weight is 290 g/mol. The lowest BCUT2D eigenvalue weighted by molar-refractivity contribution is -0.384. The van der Waals surface area contributed by atoms with Crippen molar-refractivity contribution in [2.75, 3.05) is 18.5 Å². The second-order valence-electron chi connectivity index (χ2n) is 5.00. The summed E-state index contributed by atoms with van der Waals surface area (Å²) in [7, 11) is 0. The number of anilines is 1. The van der Waals surface area contributed by atoms with Crippen molar-refractivity contribution in [2.24, 2.45) is 5.41 Å². The second-order valence-corrected chi connectivity index (χ2v) is 5.00. The van der Waals surface area contributed by atoms with E-state index < -0.39 is 22.4 Å². The normalized spacial score (nSPS) is 16.8. The lowest BCUT2D eigenvalue weighted by atomic mass is 10.1. The summed E-state index contributed by atoms with van der Waals surface area (Å²) < 4.78 is 37.6. The standard InChI is InChI=1S/C12H13F3N2O3/c13-12(14,15)8-1-2-9(10(5-8)17(19)20)16-6-11(7-18)3-4-11/h1-2,5,16,18H,3-4,6-7H2. The number of alkyl halides is 3. The van der Waals surface area contributed by atoms with E-state index in [1.807, 2.05) is 0 Å². The van der Waals surface area contributed by atoms with E-state index in [0.29, 0.717) is 12.6 Å². The SMILES string of the molecule is O=[N+]([O-])c1cc(C(F)(F)F)ccc1NCC1(CO)CC1. The highest BCUT2D eigenvalue weighted by Crippen LogP contribution is 2.45. The molecule has 0 unspecified atom stereocenters. The number of benzene rings is 1. The predicted octanol–water partition coefficient (Wildman–Crippen LogP) is 2.80. The Balaban J connectivity index is 2.22. The quantitative estimate of drug-likeness (QED) is 0.646. The Hall–Kier alpha value is -1.83. The van der Waals surface area contributed by atoms with Gasteiger partial charge >= 0.3 is 6.18 Å². The van der Waals surface area contributed by atoms with Crippen LogP contribution in [-0.2, 0) is 6.18 Å². The number of nitro groups is 1. The van der Waals surface area contributed by atoms with E-state index in [9.17, 15) is 23.3 Å². The van der Waals surface area contributed by atoms with Crippen LogP contribution in [0.25, 0.3) is 0 Å². The minimum Gasteiger partial charge on any atom is -0.396 e. The molecule has 1 fully saturated rings. The van der Waals surface area contributed by atoms with Gasteiger partial charge in [0.25, 0.3) is 5.69 Å². The minimum atomic E-state index is -4.62. The summed E-state index contributed by atoms with van der Waals surface area (Å²) in [5.74, 6) is 0. The predicted molar refractivity (Wildman–Crippen MR) is 65.3 cm³/mol. The van der Waals surface area contributed by atoms with Crippen LogP contribution in [0.3, 0.4) is 0 Å². The highest BCUT2D eigenvalue weighted by atomic mass is 19.4. The third kappa shape index (κ3) is 3.01. The number of halogens is 3. The van der Waals surface area contributed by atoms with E-state index >= 15 is 0 Å². The van der Waals surface area contributed by atoms with Crippen LogP contribution in [0.4, 0.5) is 24.5 Å². The molecule has 20 heavy (non-hydrogen) atoms. The Kier molecular flexibility index (Phi) is 3.59. The molecule has 0 aromatic heterocycles. The Bertz CT molecular complexity index is 527. The molecule has 2 rings (SSSR count). The van der Waals surface area contributed by atoms with Gasteiger partial charge in [0.05, 0.1) is 17.1 Å². The number of aliphatic hydroxyl groups is 1. The number of hydrogen-bond donors (Lipinski definition) is 2. The van der Waals surface area contributed by atoms with Gasteiger partial charge in [-0.15, -0.1) is 0 Å². The molecule has 1 aliphatic rings. The molecule has 0 bridgehead atoms. The Labute approximate surface area is 112 Å². The molecule has 0 aliphatic heterocycles. The van der Waals surface area contributed by atoms with Gasteiger partial charge in [-0.25, -0.2) is 0 Å². The summed E-state index contributed by atoms with van der Waals surface area (Å²) >= 11 is 0. The number of nitrogens with zero attached hydrogens (tertiary/aromatic N) is 1. The molecule has 8 heteroatoms. The lowest BCUT2D eigenvalue weighted by Gasteiger charge is -2.15. The van der Waals surface area contributed by atoms with E-state index in [-0.39, 0.29) is 17.7 Å². The summed E-state index contributed by atoms with van der Waals surface area (Å²) in [5, 5.41) is 22.8. The van der Waals surface area contributed by atoms with Gasteiger partial charge in [-0.05, 0) is 25.0 Å². The fourth-order valence-electron chi connectivity index (χ4n) is 1.86. The van der Waals surface area contributed by atoms with Crippen LogP contribution in [0.2, 0.25) is 0 Å². The first kappa shape index (κ1) is 14.6. The third-order valence-corrected chi connectivity index (χ3v) is 3.47. The van der Waals surface area contributed by atoms with Crippen molar-refractivity contribution in [1.82, 2.24) is 0 Å². The van der Waals surface area contributed by atoms with Crippen LogP contribution in [0.1, 0.15) is 18.4 Å². The maximum atomic E-state index is 12.5. The average Bonchev–Trinajstić information content (AvgIpc) is 3.15. The van der Waals surface area contributed by atoms with Crippen molar-refractivity contribution in [1.29, 1.82) is 0 Å². The Morgan fingerprint density at radius 3 is 2.50 bits per heavy atom. The minimum absolute atomic E-state index is 0.0303. The topological polar surface area (TPSA) is 75.4 Å². The van der Waals surface area contributed by atoms with Crippen molar-refractivity contribution in [3.63, 3.8) is 0 Å². The molecule has 1 aromatic rings. The molecule has 5 nitrogen and oxygen atoms in total. The van der Waals surface area contributed by atoms with Crippen molar-refractivity contribution < 1.29 is 23.2 Å². The molecule has 0 radical (unpaired) electrons. The largest absolute Gasteiger partial charge is 0.416 e. The van der Waals surface area contributed by atoms with Crippen LogP contribution in [0.5, 0.6) is 0 Å². The van der Waals surface area contributed by atoms with Gasteiger partial charge in [0, 0.05) is 18.0 Å². The smallest absolute Gasteiger partial charge is 0.396 e. The lowest BCUT2D eigenvalue weighted by Crippen LogP contribution is -2.19. The molecule has 2 N–H and O–H groups in total. The van der Waals surface area contributed by atoms with Gasteiger partial charge in [-0.1, -0.05) is 0 Å². The van der Waals surface area contributed by atoms with E-state index in [2.05, 4.69) is 5.32 Å². The van der Waals surface area contributed by atoms with Gasteiger partial charge in [0.1, 0.15) is 5.69 Å². The van der Waals surface area contributed by atoms with Crippen LogP contribution in [0.15, 0.2) is 18.2 Å². The zero-order chi connectivity index (χ0) is 15.0. The summed E-state index contributed by atoms with van der Waals surface area (Å²) in [6.07, 6.45) is -3.03. The van der Waals surface area contributed by atoms with Crippen LogP contribution < -0.4 is 5.32 Å². The third-order valence-electron chi connectivity index (χ3n) is 3.47. The molecule has 1 aliphatic carbocycles. The monoisotopic (exact) mass is 290 g/mol. The maximum Gasteiger partial charge on any atom is 0.416 e. The number of nitro benzene ring substituents is 1. The van der Waals surface area contributed by atoms with Crippen molar-refractivity contribution in [3.05, 3.63) is 33.9 Å². The molecule has 0 spiro atoms. The van der Waals surface area contributed by atoms with Crippen molar-refractivity contribution >= 4 is 11.4 Å². The molecular formula is C12H13F3N2O3. The van der Waals surface area contributed by atoms with Gasteiger partial charge in [0.2, 0.25) is 0 Å². The van der Waals surface area contributed by atoms with E-state index in [0.717, 1.165) is 25.0 Å². The summed E-state index contributed by atoms with van der Waals surface area (Å²) in [6.45, 7) is 0.254. The molecular weight excluding hydrogens is 277 g/mol. The zero-order valence-corrected chi connectivity index (χ0v) is 10.4. The molecule has 0 atom stereocenters. The summed E-state index contributed by atoms with van der Waals surface area (Å²) in [6, 6.07) is 2.36. The van der Waals surface area contributed by atoms with Gasteiger partial charge in [-0.3, -0.25) is 10.1 Å². The van der Waals surface area contributed by atoms with Gasteiger partial charge in [0.15, 0.2) is 0 Å². The first-order chi connectivity index (χ1) is 9.27. The van der Waals surface area contributed by atoms with Gasteiger partial charge in [-0.2, -0.15) is 13.2 Å². The first-order valence-electron chi connectivity index (χ1n) is 5.98. The molecule has 110 valence electrons. The number of rotatable bonds is 5. The van der Waals surface area contributed by atoms with Crippen molar-refractivity contribution in [3.8, 4) is 0 Å². The number of nitrogens with one attached hydrogen (secondary N) is 1. The first-order valence-corrected chi connectivity index (χ1v) is 5.98. The fraction of sp³-hybridized carbons (Fsp3) is 0.500. The van der Waals surface area contributed by atoms with Crippen LogP contribution >= 0.6 is 0 Å².